The van der Waals surface area contributed by atoms with E-state index >= 15 is 0 Å². The molecular formula is C22H29N5O5. The molecule has 1 aromatic carbocycles. The Balaban J connectivity index is 1.70. The van der Waals surface area contributed by atoms with Crippen LogP contribution in [0.4, 0.5) is 10.6 Å². The van der Waals surface area contributed by atoms with Crippen molar-refractivity contribution in [2.75, 3.05) is 38.2 Å². The van der Waals surface area contributed by atoms with E-state index in [0.29, 0.717) is 18.8 Å². The van der Waals surface area contributed by atoms with Crippen molar-refractivity contribution >= 4 is 23.8 Å². The zero-order valence-corrected chi connectivity index (χ0v) is 18.4. The lowest BCUT2D eigenvalue weighted by atomic mass is 10.1. The highest BCUT2D eigenvalue weighted by Crippen LogP contribution is 2.21. The normalized spacial score (nSPS) is 16.2. The molecule has 1 atom stereocenters. The van der Waals surface area contributed by atoms with Crippen LogP contribution >= 0.6 is 0 Å². The summed E-state index contributed by atoms with van der Waals surface area (Å²) < 4.78 is 11.6. The number of carbonyl (C=O) groups is 3. The minimum Gasteiger partial charge on any atom is -0.462 e. The predicted octanol–water partition coefficient (Wildman–Crippen LogP) is 2.20. The van der Waals surface area contributed by atoms with Crippen LogP contribution in [0.25, 0.3) is 5.69 Å². The number of nitrogens with one attached hydrogen (secondary N) is 2. The van der Waals surface area contributed by atoms with Crippen molar-refractivity contribution < 1.29 is 23.9 Å². The molecule has 2 amide bonds. The van der Waals surface area contributed by atoms with Gasteiger partial charge in [0.05, 0.1) is 31.6 Å². The fraction of sp³-hybridized carbons (Fsp3) is 0.455. The molecule has 1 saturated heterocycles. The summed E-state index contributed by atoms with van der Waals surface area (Å²) in [5.41, 5.74) is 0.888. The molecule has 2 aromatic rings. The lowest BCUT2D eigenvalue weighted by molar-refractivity contribution is -0.117. The van der Waals surface area contributed by atoms with Gasteiger partial charge in [-0.2, -0.15) is 5.10 Å². The molecule has 172 valence electrons. The molecular weight excluding hydrogens is 414 g/mol. The Morgan fingerprint density at radius 1 is 1.12 bits per heavy atom. The highest BCUT2D eigenvalue weighted by Gasteiger charge is 2.25. The zero-order chi connectivity index (χ0) is 22.9. The molecule has 0 aliphatic carbocycles. The third-order valence-corrected chi connectivity index (χ3v) is 4.99. The number of para-hydroxylation sites is 1. The highest BCUT2D eigenvalue weighted by molar-refractivity contribution is 6.01. The van der Waals surface area contributed by atoms with Crippen LogP contribution in [-0.4, -0.2) is 71.5 Å². The van der Waals surface area contributed by atoms with Gasteiger partial charge >= 0.3 is 12.1 Å². The topological polar surface area (TPSA) is 115 Å². The first-order chi connectivity index (χ1) is 15.5. The number of piperidine rings is 1. The molecule has 2 heterocycles. The van der Waals surface area contributed by atoms with E-state index < -0.39 is 12.1 Å². The Morgan fingerprint density at radius 2 is 1.88 bits per heavy atom. The Labute approximate surface area is 186 Å². The molecule has 1 unspecified atom stereocenters. The van der Waals surface area contributed by atoms with Crippen molar-refractivity contribution in [3.63, 3.8) is 0 Å². The van der Waals surface area contributed by atoms with Gasteiger partial charge in [-0.25, -0.2) is 14.3 Å². The summed E-state index contributed by atoms with van der Waals surface area (Å²) in [5.74, 6) is -0.579. The van der Waals surface area contributed by atoms with Gasteiger partial charge in [-0.05, 0) is 45.4 Å². The molecule has 32 heavy (non-hydrogen) atoms. The summed E-state index contributed by atoms with van der Waals surface area (Å²) in [4.78, 5) is 38.9. The number of anilines is 1. The fourth-order valence-corrected chi connectivity index (χ4v) is 3.62. The number of rotatable bonds is 8. The number of nitrogens with zero attached hydrogens (tertiary/aromatic N) is 3. The summed E-state index contributed by atoms with van der Waals surface area (Å²) in [6.07, 6.45) is 2.61. The number of aromatic nitrogens is 2. The largest absolute Gasteiger partial charge is 0.462 e. The number of benzene rings is 1. The first kappa shape index (κ1) is 23.3. The van der Waals surface area contributed by atoms with E-state index in [4.69, 9.17) is 9.47 Å². The number of hydrogen-bond acceptors (Lipinski definition) is 7. The summed E-state index contributed by atoms with van der Waals surface area (Å²) in [7, 11) is 0. The minimum absolute atomic E-state index is 0.0828. The molecule has 0 bridgehead atoms. The molecule has 10 heteroatoms. The second-order valence-electron chi connectivity index (χ2n) is 7.36. The van der Waals surface area contributed by atoms with Crippen molar-refractivity contribution in [1.82, 2.24) is 20.0 Å². The van der Waals surface area contributed by atoms with Crippen LogP contribution in [0, 0.1) is 0 Å². The molecule has 10 nitrogen and oxygen atoms in total. The predicted molar refractivity (Wildman–Crippen MR) is 118 cm³/mol. The summed E-state index contributed by atoms with van der Waals surface area (Å²) in [6.45, 7) is 5.37. The summed E-state index contributed by atoms with van der Waals surface area (Å²) in [6, 6.07) is 9.13. The van der Waals surface area contributed by atoms with Crippen LogP contribution in [0.15, 0.2) is 36.5 Å². The Bertz CT molecular complexity index is 930. The second-order valence-corrected chi connectivity index (χ2v) is 7.36. The van der Waals surface area contributed by atoms with Gasteiger partial charge < -0.3 is 20.1 Å². The fourth-order valence-electron chi connectivity index (χ4n) is 3.62. The molecule has 2 N–H and O–H groups in total. The van der Waals surface area contributed by atoms with E-state index in [1.165, 1.54) is 10.9 Å². The summed E-state index contributed by atoms with van der Waals surface area (Å²) >= 11 is 0. The van der Waals surface area contributed by atoms with E-state index in [0.717, 1.165) is 19.4 Å². The smallest absolute Gasteiger partial charge is 0.407 e. The number of alkyl carbamates (subject to hydrolysis) is 1. The quantitative estimate of drug-likeness (QED) is 0.601. The average Bonchev–Trinajstić information content (AvgIpc) is 3.18. The lowest BCUT2D eigenvalue weighted by Crippen LogP contribution is -2.49. The number of amides is 2. The molecule has 1 aliphatic rings. The van der Waals surface area contributed by atoms with Crippen molar-refractivity contribution in [2.24, 2.45) is 0 Å². The van der Waals surface area contributed by atoms with Crippen molar-refractivity contribution in [3.8, 4) is 5.69 Å². The van der Waals surface area contributed by atoms with Crippen molar-refractivity contribution in [1.29, 1.82) is 0 Å². The van der Waals surface area contributed by atoms with Crippen LogP contribution in [-0.2, 0) is 14.3 Å². The van der Waals surface area contributed by atoms with Crippen molar-refractivity contribution in [2.45, 2.75) is 32.7 Å². The van der Waals surface area contributed by atoms with E-state index in [9.17, 15) is 14.4 Å². The number of esters is 1. The van der Waals surface area contributed by atoms with E-state index in [-0.39, 0.29) is 36.5 Å². The molecule has 3 rings (SSSR count). The Morgan fingerprint density at radius 3 is 2.59 bits per heavy atom. The molecule has 0 saturated carbocycles. The molecule has 1 aromatic heterocycles. The van der Waals surface area contributed by atoms with Gasteiger partial charge in [0.25, 0.3) is 0 Å². The number of hydrogen-bond donors (Lipinski definition) is 2. The van der Waals surface area contributed by atoms with E-state index in [1.54, 1.807) is 13.8 Å². The Kier molecular flexibility index (Phi) is 8.20. The van der Waals surface area contributed by atoms with Gasteiger partial charge in [-0.15, -0.1) is 0 Å². The maximum atomic E-state index is 12.9. The molecule has 1 aliphatic heterocycles. The first-order valence-electron chi connectivity index (χ1n) is 10.8. The maximum absolute atomic E-state index is 12.9. The van der Waals surface area contributed by atoms with Crippen LogP contribution in [0.5, 0.6) is 0 Å². The molecule has 0 radical (unpaired) electrons. The van der Waals surface area contributed by atoms with E-state index in [1.807, 2.05) is 35.2 Å². The van der Waals surface area contributed by atoms with Crippen molar-refractivity contribution in [3.05, 3.63) is 42.1 Å². The third-order valence-electron chi connectivity index (χ3n) is 4.99. The van der Waals surface area contributed by atoms with E-state index in [2.05, 4.69) is 15.7 Å². The SMILES string of the molecule is CCOC(=O)NC1CCCN(CC(=O)Nc2c(C(=O)OCC)cnn2-c2ccccc2)C1. The zero-order valence-electron chi connectivity index (χ0n) is 18.4. The van der Waals surface area contributed by atoms with Crippen LogP contribution in [0.3, 0.4) is 0 Å². The molecule has 1 fully saturated rings. The Hall–Kier alpha value is -3.40. The van der Waals surface area contributed by atoms with Crippen LogP contribution in [0.2, 0.25) is 0 Å². The number of likely N-dealkylation sites (tertiary alicyclic amines) is 1. The van der Waals surface area contributed by atoms with Gasteiger partial charge in [0.2, 0.25) is 5.91 Å². The van der Waals surface area contributed by atoms with Gasteiger partial charge in [-0.3, -0.25) is 9.69 Å². The first-order valence-corrected chi connectivity index (χ1v) is 10.8. The van der Waals surface area contributed by atoms with Gasteiger partial charge in [0.15, 0.2) is 5.82 Å². The van der Waals surface area contributed by atoms with Crippen LogP contribution in [0.1, 0.15) is 37.0 Å². The maximum Gasteiger partial charge on any atom is 0.407 e. The second kappa shape index (κ2) is 11.3. The van der Waals surface area contributed by atoms with Gasteiger partial charge in [-0.1, -0.05) is 18.2 Å². The van der Waals surface area contributed by atoms with Crippen LogP contribution < -0.4 is 10.6 Å². The van der Waals surface area contributed by atoms with Gasteiger partial charge in [0.1, 0.15) is 5.56 Å². The summed E-state index contributed by atoms with van der Waals surface area (Å²) in [5, 5.41) is 9.93. The standard InChI is InChI=1S/C22H29N5O5/c1-3-31-21(29)18-13-23-27(17-10-6-5-7-11-17)20(18)25-19(28)15-26-12-8-9-16(14-26)24-22(30)32-4-2/h5-7,10-11,13,16H,3-4,8-9,12,14-15H2,1-2H3,(H,24,30)(H,25,28). The van der Waals surface area contributed by atoms with Gasteiger partial charge in [0, 0.05) is 12.6 Å². The highest BCUT2D eigenvalue weighted by atomic mass is 16.5. The number of ether oxygens (including phenoxy) is 2. The minimum atomic E-state index is -0.554. The average molecular weight is 444 g/mol. The monoisotopic (exact) mass is 443 g/mol. The lowest BCUT2D eigenvalue weighted by Gasteiger charge is -2.32. The third kappa shape index (κ3) is 6.07. The number of carbonyl (C=O) groups excluding carboxylic acids is 3. The molecule has 0 spiro atoms.